The van der Waals surface area contributed by atoms with Crippen LogP contribution in [0, 0.1) is 5.82 Å². The summed E-state index contributed by atoms with van der Waals surface area (Å²) in [6.07, 6.45) is 4.01. The number of benzene rings is 2. The molecule has 0 bridgehead atoms. The molecule has 2 heterocycles. The van der Waals surface area contributed by atoms with Gasteiger partial charge in [0.1, 0.15) is 5.82 Å². The smallest absolute Gasteiger partial charge is 0.246 e. The number of nitrogens with one attached hydrogen (secondary N) is 1. The SMILES string of the molecule is O=C(C=Cc1cccc(F)c1)N1CCc2[nH]c3ccccc3c2C1. The second-order valence-electron chi connectivity index (χ2n) is 6.03. The fourth-order valence-corrected chi connectivity index (χ4v) is 3.24. The Bertz CT molecular complexity index is 942. The number of halogens is 1. The van der Waals surface area contributed by atoms with Crippen molar-refractivity contribution in [2.45, 2.75) is 13.0 Å². The van der Waals surface area contributed by atoms with Gasteiger partial charge in [0.2, 0.25) is 5.91 Å². The van der Waals surface area contributed by atoms with Crippen molar-refractivity contribution in [2.24, 2.45) is 0 Å². The molecule has 1 aliphatic rings. The number of para-hydroxylation sites is 1. The third-order valence-electron chi connectivity index (χ3n) is 4.46. The fraction of sp³-hybridized carbons (Fsp3) is 0.150. The first kappa shape index (κ1) is 14.7. The first-order valence-electron chi connectivity index (χ1n) is 8.02. The number of hydrogen-bond donors (Lipinski definition) is 1. The lowest BCUT2D eigenvalue weighted by atomic mass is 10.0. The number of carbonyl (C=O) groups is 1. The maximum absolute atomic E-state index is 13.2. The zero-order valence-corrected chi connectivity index (χ0v) is 13.1. The highest BCUT2D eigenvalue weighted by atomic mass is 19.1. The third-order valence-corrected chi connectivity index (χ3v) is 4.46. The lowest BCUT2D eigenvalue weighted by Gasteiger charge is -2.26. The molecule has 0 spiro atoms. The van der Waals surface area contributed by atoms with Crippen LogP contribution in [0.5, 0.6) is 0 Å². The van der Waals surface area contributed by atoms with Gasteiger partial charge in [-0.1, -0.05) is 30.3 Å². The van der Waals surface area contributed by atoms with Crippen molar-refractivity contribution in [1.29, 1.82) is 0 Å². The summed E-state index contributed by atoms with van der Waals surface area (Å²) in [6, 6.07) is 14.4. The average Bonchev–Trinajstić information content (AvgIpc) is 2.97. The molecule has 0 radical (unpaired) electrons. The van der Waals surface area contributed by atoms with Gasteiger partial charge in [-0.15, -0.1) is 0 Å². The zero-order chi connectivity index (χ0) is 16.5. The van der Waals surface area contributed by atoms with Gasteiger partial charge in [-0.2, -0.15) is 0 Å². The minimum Gasteiger partial charge on any atom is -0.358 e. The summed E-state index contributed by atoms with van der Waals surface area (Å²) >= 11 is 0. The average molecular weight is 320 g/mol. The first-order chi connectivity index (χ1) is 11.7. The van der Waals surface area contributed by atoms with Crippen molar-refractivity contribution >= 4 is 22.9 Å². The van der Waals surface area contributed by atoms with Crippen LogP contribution in [-0.2, 0) is 17.8 Å². The Morgan fingerprint density at radius 3 is 2.92 bits per heavy atom. The van der Waals surface area contributed by atoms with Crippen molar-refractivity contribution in [2.75, 3.05) is 6.54 Å². The van der Waals surface area contributed by atoms with E-state index < -0.39 is 0 Å². The van der Waals surface area contributed by atoms with Gasteiger partial charge in [-0.05, 0) is 29.8 Å². The Hall–Kier alpha value is -2.88. The molecule has 4 heteroatoms. The van der Waals surface area contributed by atoms with Crippen LogP contribution in [-0.4, -0.2) is 22.3 Å². The lowest BCUT2D eigenvalue weighted by Crippen LogP contribution is -2.34. The van der Waals surface area contributed by atoms with E-state index in [4.69, 9.17) is 0 Å². The molecular weight excluding hydrogens is 303 g/mol. The molecule has 0 aliphatic carbocycles. The van der Waals surface area contributed by atoms with Gasteiger partial charge in [-0.3, -0.25) is 4.79 Å². The summed E-state index contributed by atoms with van der Waals surface area (Å²) in [5.74, 6) is -0.346. The van der Waals surface area contributed by atoms with E-state index in [1.807, 2.05) is 17.0 Å². The molecule has 0 fully saturated rings. The van der Waals surface area contributed by atoms with Crippen molar-refractivity contribution < 1.29 is 9.18 Å². The predicted molar refractivity (Wildman–Crippen MR) is 92.9 cm³/mol. The van der Waals surface area contributed by atoms with Crippen LogP contribution in [0.1, 0.15) is 16.8 Å². The predicted octanol–water partition coefficient (Wildman–Crippen LogP) is 3.91. The molecule has 3 nitrogen and oxygen atoms in total. The number of aromatic amines is 1. The Morgan fingerprint density at radius 2 is 2.04 bits per heavy atom. The Kier molecular flexibility index (Phi) is 3.65. The van der Waals surface area contributed by atoms with Crippen molar-refractivity contribution in [1.82, 2.24) is 9.88 Å². The number of nitrogens with zero attached hydrogens (tertiary/aromatic N) is 1. The molecule has 0 unspecified atom stereocenters. The summed E-state index contributed by atoms with van der Waals surface area (Å²) in [7, 11) is 0. The minimum absolute atomic E-state index is 0.0461. The van der Waals surface area contributed by atoms with Gasteiger partial charge in [0.05, 0.1) is 0 Å². The first-order valence-corrected chi connectivity index (χ1v) is 8.02. The van der Waals surface area contributed by atoms with E-state index in [1.165, 1.54) is 34.9 Å². The summed E-state index contributed by atoms with van der Waals surface area (Å²) in [5.41, 5.74) is 4.22. The van der Waals surface area contributed by atoms with Gasteiger partial charge >= 0.3 is 0 Å². The molecule has 4 rings (SSSR count). The van der Waals surface area contributed by atoms with Crippen LogP contribution in [0.3, 0.4) is 0 Å². The largest absolute Gasteiger partial charge is 0.358 e. The van der Waals surface area contributed by atoms with Crippen LogP contribution >= 0.6 is 0 Å². The maximum atomic E-state index is 13.2. The molecule has 120 valence electrons. The molecule has 0 atom stereocenters. The second kappa shape index (κ2) is 5.96. The molecule has 24 heavy (non-hydrogen) atoms. The van der Waals surface area contributed by atoms with Gasteiger partial charge < -0.3 is 9.88 Å². The van der Waals surface area contributed by atoms with Gasteiger partial charge in [0.25, 0.3) is 0 Å². The summed E-state index contributed by atoms with van der Waals surface area (Å²) in [6.45, 7) is 1.29. The van der Waals surface area contributed by atoms with Gasteiger partial charge in [0.15, 0.2) is 0 Å². The van der Waals surface area contributed by atoms with Crippen LogP contribution in [0.2, 0.25) is 0 Å². The Morgan fingerprint density at radius 1 is 1.17 bits per heavy atom. The molecule has 3 aromatic rings. The van der Waals surface area contributed by atoms with E-state index in [-0.39, 0.29) is 11.7 Å². The number of hydrogen-bond acceptors (Lipinski definition) is 1. The molecule has 0 saturated heterocycles. The highest BCUT2D eigenvalue weighted by Crippen LogP contribution is 2.27. The maximum Gasteiger partial charge on any atom is 0.246 e. The number of amides is 1. The summed E-state index contributed by atoms with van der Waals surface area (Å²) < 4.78 is 13.2. The molecule has 1 amide bonds. The van der Waals surface area contributed by atoms with E-state index >= 15 is 0 Å². The fourth-order valence-electron chi connectivity index (χ4n) is 3.24. The standard InChI is InChI=1S/C20H17FN2O/c21-15-5-3-4-14(12-15)8-9-20(24)23-11-10-19-17(13-23)16-6-1-2-7-18(16)22-19/h1-9,12,22H,10-11,13H2. The monoisotopic (exact) mass is 320 g/mol. The van der Waals surface area contributed by atoms with Crippen LogP contribution in [0.4, 0.5) is 4.39 Å². The third kappa shape index (κ3) is 2.71. The number of fused-ring (bicyclic) bond motifs is 3. The Balaban J connectivity index is 1.54. The molecule has 1 aromatic heterocycles. The van der Waals surface area contributed by atoms with E-state index in [0.717, 1.165) is 11.9 Å². The number of rotatable bonds is 2. The van der Waals surface area contributed by atoms with Crippen LogP contribution in [0.15, 0.2) is 54.6 Å². The molecule has 2 aromatic carbocycles. The van der Waals surface area contributed by atoms with E-state index in [1.54, 1.807) is 18.2 Å². The number of H-pyrrole nitrogens is 1. The Labute approximate surface area is 139 Å². The molecule has 0 saturated carbocycles. The molecular formula is C20H17FN2O. The van der Waals surface area contributed by atoms with Crippen molar-refractivity contribution in [3.8, 4) is 0 Å². The normalized spacial score (nSPS) is 14.3. The van der Waals surface area contributed by atoms with E-state index in [9.17, 15) is 9.18 Å². The number of carbonyl (C=O) groups excluding carboxylic acids is 1. The topological polar surface area (TPSA) is 36.1 Å². The minimum atomic E-state index is -0.300. The van der Waals surface area contributed by atoms with Gasteiger partial charge in [0, 0.05) is 47.7 Å². The molecule has 1 aliphatic heterocycles. The summed E-state index contributed by atoms with van der Waals surface area (Å²) in [5, 5.41) is 1.18. The van der Waals surface area contributed by atoms with E-state index in [2.05, 4.69) is 17.1 Å². The highest BCUT2D eigenvalue weighted by molar-refractivity contribution is 5.93. The van der Waals surface area contributed by atoms with Crippen LogP contribution < -0.4 is 0 Å². The lowest BCUT2D eigenvalue weighted by molar-refractivity contribution is -0.126. The quantitative estimate of drug-likeness (QED) is 0.714. The summed E-state index contributed by atoms with van der Waals surface area (Å²) in [4.78, 5) is 17.7. The van der Waals surface area contributed by atoms with Crippen molar-refractivity contribution in [3.63, 3.8) is 0 Å². The van der Waals surface area contributed by atoms with Crippen LogP contribution in [0.25, 0.3) is 17.0 Å². The molecule has 1 N–H and O–H groups in total. The second-order valence-corrected chi connectivity index (χ2v) is 6.03. The number of aromatic nitrogens is 1. The van der Waals surface area contributed by atoms with Gasteiger partial charge in [-0.25, -0.2) is 4.39 Å². The highest BCUT2D eigenvalue weighted by Gasteiger charge is 2.22. The zero-order valence-electron chi connectivity index (χ0n) is 13.1. The van der Waals surface area contributed by atoms with Crippen molar-refractivity contribution in [3.05, 3.63) is 77.2 Å². The van der Waals surface area contributed by atoms with E-state index in [0.29, 0.717) is 18.7 Å².